The van der Waals surface area contributed by atoms with Crippen LogP contribution in [0.15, 0.2) is 36.7 Å². The predicted octanol–water partition coefficient (Wildman–Crippen LogP) is 2.67. The van der Waals surface area contributed by atoms with Crippen LogP contribution in [0, 0.1) is 0 Å². The molecule has 0 saturated carbocycles. The van der Waals surface area contributed by atoms with Gasteiger partial charge in [0.05, 0.1) is 18.4 Å². The van der Waals surface area contributed by atoms with Crippen LogP contribution in [0.4, 0.5) is 5.69 Å². The second-order valence-electron chi connectivity index (χ2n) is 4.61. The number of hydrogen-bond donors (Lipinski definition) is 1. The maximum atomic E-state index is 5.71. The molecule has 18 heavy (non-hydrogen) atoms. The Morgan fingerprint density at radius 3 is 2.89 bits per heavy atom. The van der Waals surface area contributed by atoms with Crippen LogP contribution in [0.1, 0.15) is 25.3 Å². The van der Waals surface area contributed by atoms with Crippen molar-refractivity contribution in [1.82, 2.24) is 9.78 Å². The van der Waals surface area contributed by atoms with Crippen LogP contribution in [0.2, 0.25) is 0 Å². The van der Waals surface area contributed by atoms with Gasteiger partial charge in [-0.25, -0.2) is 0 Å². The molecule has 2 aromatic rings. The summed E-state index contributed by atoms with van der Waals surface area (Å²) in [5.41, 5.74) is 7.56. The van der Waals surface area contributed by atoms with Gasteiger partial charge in [0.25, 0.3) is 0 Å². The fourth-order valence-electron chi connectivity index (χ4n) is 1.72. The van der Waals surface area contributed by atoms with Gasteiger partial charge in [-0.2, -0.15) is 5.10 Å². The lowest BCUT2D eigenvalue weighted by Crippen LogP contribution is -2.08. The molecule has 0 aliphatic carbocycles. The second-order valence-corrected chi connectivity index (χ2v) is 4.61. The van der Waals surface area contributed by atoms with Crippen molar-refractivity contribution in [3.8, 4) is 5.75 Å². The lowest BCUT2D eigenvalue weighted by molar-refractivity contribution is 0.291. The van der Waals surface area contributed by atoms with E-state index in [0.717, 1.165) is 5.75 Å². The lowest BCUT2D eigenvalue weighted by atomic mass is 10.0. The number of nitrogens with zero attached hydrogens (tertiary/aromatic N) is 2. The monoisotopic (exact) mass is 245 g/mol. The summed E-state index contributed by atoms with van der Waals surface area (Å²) < 4.78 is 7.49. The minimum atomic E-state index is 0.513. The number of ether oxygens (including phenoxy) is 1. The van der Waals surface area contributed by atoms with Crippen molar-refractivity contribution in [3.05, 3.63) is 42.2 Å². The number of nitrogen functional groups attached to an aromatic ring is 1. The smallest absolute Gasteiger partial charge is 0.119 e. The molecule has 0 saturated heterocycles. The highest BCUT2D eigenvalue weighted by Crippen LogP contribution is 2.20. The Hall–Kier alpha value is -1.97. The van der Waals surface area contributed by atoms with E-state index >= 15 is 0 Å². The Labute approximate surface area is 107 Å². The van der Waals surface area contributed by atoms with Crippen molar-refractivity contribution in [2.45, 2.75) is 26.3 Å². The first-order valence-electron chi connectivity index (χ1n) is 6.16. The summed E-state index contributed by atoms with van der Waals surface area (Å²) in [7, 11) is 0. The highest BCUT2D eigenvalue weighted by molar-refractivity contribution is 5.31. The number of rotatable bonds is 5. The molecule has 0 radical (unpaired) electrons. The zero-order valence-electron chi connectivity index (χ0n) is 10.8. The molecule has 96 valence electrons. The van der Waals surface area contributed by atoms with E-state index in [0.29, 0.717) is 24.8 Å². The molecule has 0 unspecified atom stereocenters. The van der Waals surface area contributed by atoms with Gasteiger partial charge < -0.3 is 10.5 Å². The van der Waals surface area contributed by atoms with E-state index in [2.05, 4.69) is 31.1 Å². The van der Waals surface area contributed by atoms with Gasteiger partial charge in [0.15, 0.2) is 0 Å². The third-order valence-corrected chi connectivity index (χ3v) is 2.77. The molecule has 0 fully saturated rings. The average molecular weight is 245 g/mol. The number of aromatic nitrogens is 2. The maximum Gasteiger partial charge on any atom is 0.119 e. The summed E-state index contributed by atoms with van der Waals surface area (Å²) in [5, 5.41) is 4.10. The zero-order chi connectivity index (χ0) is 13.0. The Morgan fingerprint density at radius 1 is 1.39 bits per heavy atom. The SMILES string of the molecule is CC(C)c1cccc(OCCn2cc(N)cn2)c1. The summed E-state index contributed by atoms with van der Waals surface area (Å²) in [6, 6.07) is 8.20. The molecule has 2 rings (SSSR count). The Morgan fingerprint density at radius 2 is 2.22 bits per heavy atom. The van der Waals surface area contributed by atoms with Crippen molar-refractivity contribution < 1.29 is 4.74 Å². The predicted molar refractivity (Wildman–Crippen MR) is 72.7 cm³/mol. The lowest BCUT2D eigenvalue weighted by Gasteiger charge is -2.10. The van der Waals surface area contributed by atoms with Gasteiger partial charge in [0.2, 0.25) is 0 Å². The van der Waals surface area contributed by atoms with Gasteiger partial charge in [-0.3, -0.25) is 4.68 Å². The first kappa shape index (κ1) is 12.5. The van der Waals surface area contributed by atoms with E-state index in [1.807, 2.05) is 12.1 Å². The number of anilines is 1. The number of nitrogens with two attached hydrogens (primary N) is 1. The van der Waals surface area contributed by atoms with E-state index in [9.17, 15) is 0 Å². The molecule has 0 amide bonds. The topological polar surface area (TPSA) is 53.1 Å². The van der Waals surface area contributed by atoms with Crippen molar-refractivity contribution in [1.29, 1.82) is 0 Å². The third-order valence-electron chi connectivity index (χ3n) is 2.77. The summed E-state index contributed by atoms with van der Waals surface area (Å²) in [6.07, 6.45) is 3.44. The molecule has 2 N–H and O–H groups in total. The van der Waals surface area contributed by atoms with E-state index in [1.54, 1.807) is 17.1 Å². The molecule has 0 atom stereocenters. The van der Waals surface area contributed by atoms with Crippen LogP contribution in [-0.2, 0) is 6.54 Å². The molecule has 4 heteroatoms. The Kier molecular flexibility index (Phi) is 3.87. The molecular weight excluding hydrogens is 226 g/mol. The van der Waals surface area contributed by atoms with Crippen molar-refractivity contribution in [2.24, 2.45) is 0 Å². The molecule has 0 spiro atoms. The molecule has 0 aliphatic heterocycles. The normalized spacial score (nSPS) is 10.8. The number of hydrogen-bond acceptors (Lipinski definition) is 3. The van der Waals surface area contributed by atoms with Crippen LogP contribution in [0.3, 0.4) is 0 Å². The van der Waals surface area contributed by atoms with Gasteiger partial charge in [0, 0.05) is 6.20 Å². The minimum Gasteiger partial charge on any atom is -0.492 e. The largest absolute Gasteiger partial charge is 0.492 e. The van der Waals surface area contributed by atoms with Gasteiger partial charge in [0.1, 0.15) is 12.4 Å². The summed E-state index contributed by atoms with van der Waals surface area (Å²) in [6.45, 7) is 5.63. The average Bonchev–Trinajstić information content (AvgIpc) is 2.75. The van der Waals surface area contributed by atoms with Crippen molar-refractivity contribution in [2.75, 3.05) is 12.3 Å². The van der Waals surface area contributed by atoms with Gasteiger partial charge >= 0.3 is 0 Å². The molecule has 1 heterocycles. The Balaban J connectivity index is 1.88. The second kappa shape index (κ2) is 5.58. The van der Waals surface area contributed by atoms with E-state index in [-0.39, 0.29) is 0 Å². The third kappa shape index (κ3) is 3.26. The molecule has 1 aromatic heterocycles. The van der Waals surface area contributed by atoms with E-state index in [4.69, 9.17) is 10.5 Å². The van der Waals surface area contributed by atoms with Gasteiger partial charge in [-0.1, -0.05) is 26.0 Å². The molecule has 1 aromatic carbocycles. The van der Waals surface area contributed by atoms with Crippen molar-refractivity contribution >= 4 is 5.69 Å². The van der Waals surface area contributed by atoms with Crippen LogP contribution in [0.5, 0.6) is 5.75 Å². The van der Waals surface area contributed by atoms with Crippen LogP contribution < -0.4 is 10.5 Å². The fraction of sp³-hybridized carbons (Fsp3) is 0.357. The van der Waals surface area contributed by atoms with Crippen LogP contribution in [-0.4, -0.2) is 16.4 Å². The fourth-order valence-corrected chi connectivity index (χ4v) is 1.72. The van der Waals surface area contributed by atoms with E-state index in [1.165, 1.54) is 5.56 Å². The van der Waals surface area contributed by atoms with Gasteiger partial charge in [-0.15, -0.1) is 0 Å². The van der Waals surface area contributed by atoms with Gasteiger partial charge in [-0.05, 0) is 23.6 Å². The molecular formula is C14H19N3O. The summed E-state index contributed by atoms with van der Waals surface area (Å²) >= 11 is 0. The van der Waals surface area contributed by atoms with Crippen LogP contribution in [0.25, 0.3) is 0 Å². The molecule has 0 aliphatic rings. The van der Waals surface area contributed by atoms with Crippen LogP contribution >= 0.6 is 0 Å². The first-order valence-corrected chi connectivity index (χ1v) is 6.16. The highest BCUT2D eigenvalue weighted by Gasteiger charge is 2.01. The first-order chi connectivity index (χ1) is 8.65. The molecule has 4 nitrogen and oxygen atoms in total. The Bertz CT molecular complexity index is 505. The zero-order valence-corrected chi connectivity index (χ0v) is 10.8. The molecule has 0 bridgehead atoms. The standard InChI is InChI=1S/C14H19N3O/c1-11(2)12-4-3-5-14(8-12)18-7-6-17-10-13(15)9-16-17/h3-5,8-11H,6-7,15H2,1-2H3. The quantitative estimate of drug-likeness (QED) is 0.881. The summed E-state index contributed by atoms with van der Waals surface area (Å²) in [5.74, 6) is 1.42. The highest BCUT2D eigenvalue weighted by atomic mass is 16.5. The van der Waals surface area contributed by atoms with Crippen molar-refractivity contribution in [3.63, 3.8) is 0 Å². The van der Waals surface area contributed by atoms with E-state index < -0.39 is 0 Å². The number of benzene rings is 1. The maximum absolute atomic E-state index is 5.71. The minimum absolute atomic E-state index is 0.513. The summed E-state index contributed by atoms with van der Waals surface area (Å²) in [4.78, 5) is 0.